The number of carbonyl (C=O) groups excluding carboxylic acids is 1. The standard InChI is InChI=1S/C21H28BFN2O5/c1-19(2,3)28-18(26)25-13-24-11-14(25)12-27-15-8-9-16(17(23)10-15)22-29-20(4,5)21(6,7)30-22/h8-11,13H,12H2,1-7H3. The molecule has 0 bridgehead atoms. The first-order valence-electron chi connectivity index (χ1n) is 9.81. The van der Waals surface area contributed by atoms with Gasteiger partial charge in [-0.1, -0.05) is 6.07 Å². The van der Waals surface area contributed by atoms with E-state index in [1.165, 1.54) is 23.2 Å². The molecule has 0 N–H and O–H groups in total. The van der Waals surface area contributed by atoms with Crippen LogP contribution < -0.4 is 10.2 Å². The van der Waals surface area contributed by atoms with E-state index in [1.54, 1.807) is 32.9 Å². The average molecular weight is 418 g/mol. The van der Waals surface area contributed by atoms with Gasteiger partial charge in [0.25, 0.3) is 0 Å². The molecule has 0 atom stereocenters. The first kappa shape index (κ1) is 22.3. The third-order valence-corrected chi connectivity index (χ3v) is 5.17. The number of halogens is 1. The molecular formula is C21H28BFN2O5. The number of hydrogen-bond donors (Lipinski definition) is 0. The Bertz CT molecular complexity index is 920. The van der Waals surface area contributed by atoms with Gasteiger partial charge < -0.3 is 18.8 Å². The summed E-state index contributed by atoms with van der Waals surface area (Å²) in [5.74, 6) is -0.184. The van der Waals surface area contributed by atoms with E-state index in [0.29, 0.717) is 16.9 Å². The molecule has 1 aromatic carbocycles. The van der Waals surface area contributed by atoms with Crippen LogP contribution in [0.4, 0.5) is 9.18 Å². The third kappa shape index (κ3) is 4.68. The van der Waals surface area contributed by atoms with Gasteiger partial charge in [-0.3, -0.25) is 0 Å². The second kappa shape index (κ2) is 7.70. The Morgan fingerprint density at radius 1 is 1.20 bits per heavy atom. The maximum absolute atomic E-state index is 14.7. The number of imidazole rings is 1. The summed E-state index contributed by atoms with van der Waals surface area (Å²) in [4.78, 5) is 16.2. The molecule has 1 saturated heterocycles. The van der Waals surface area contributed by atoms with Crippen molar-refractivity contribution in [3.63, 3.8) is 0 Å². The number of nitrogens with zero attached hydrogens (tertiary/aromatic N) is 2. The second-order valence-corrected chi connectivity index (χ2v) is 9.30. The van der Waals surface area contributed by atoms with Crippen molar-refractivity contribution in [3.05, 3.63) is 42.2 Å². The van der Waals surface area contributed by atoms with E-state index in [2.05, 4.69) is 4.98 Å². The van der Waals surface area contributed by atoms with E-state index in [-0.39, 0.29) is 6.61 Å². The molecule has 0 aliphatic carbocycles. The molecule has 2 aromatic rings. The lowest BCUT2D eigenvalue weighted by Gasteiger charge is -2.32. The molecule has 1 fully saturated rings. The van der Waals surface area contributed by atoms with Crippen molar-refractivity contribution in [2.45, 2.75) is 71.9 Å². The summed E-state index contributed by atoms with van der Waals surface area (Å²) in [6.45, 7) is 13.0. The lowest BCUT2D eigenvalue weighted by molar-refractivity contribution is 0.00578. The molecule has 2 heterocycles. The molecule has 1 aliphatic rings. The molecule has 0 amide bonds. The maximum atomic E-state index is 14.7. The van der Waals surface area contributed by atoms with Crippen LogP contribution in [0, 0.1) is 5.82 Å². The smallest absolute Gasteiger partial charge is 0.487 e. The van der Waals surface area contributed by atoms with Crippen LogP contribution in [0.3, 0.4) is 0 Å². The summed E-state index contributed by atoms with van der Waals surface area (Å²) < 4.78 is 38.8. The predicted octanol–water partition coefficient (Wildman–Crippen LogP) is 3.68. The highest BCUT2D eigenvalue weighted by atomic mass is 19.1. The summed E-state index contributed by atoms with van der Waals surface area (Å²) in [7, 11) is -0.794. The molecule has 3 rings (SSSR count). The zero-order chi connectivity index (χ0) is 22.3. The van der Waals surface area contributed by atoms with Crippen molar-refractivity contribution < 1.29 is 28.0 Å². The summed E-state index contributed by atoms with van der Waals surface area (Å²) in [6.07, 6.45) is 2.30. The predicted molar refractivity (Wildman–Crippen MR) is 110 cm³/mol. The minimum absolute atomic E-state index is 0.0223. The SMILES string of the molecule is CC(C)(C)OC(=O)n1cncc1COc1ccc(B2OC(C)(C)C(C)(C)O2)c(F)c1. The third-order valence-electron chi connectivity index (χ3n) is 5.17. The van der Waals surface area contributed by atoms with Crippen LogP contribution in [-0.2, 0) is 20.7 Å². The van der Waals surface area contributed by atoms with Crippen molar-refractivity contribution in [2.75, 3.05) is 0 Å². The molecule has 7 nitrogen and oxygen atoms in total. The normalized spacial score (nSPS) is 17.8. The van der Waals surface area contributed by atoms with Gasteiger partial charge in [0.1, 0.15) is 30.1 Å². The van der Waals surface area contributed by atoms with Crippen LogP contribution in [0.2, 0.25) is 0 Å². The number of hydrogen-bond acceptors (Lipinski definition) is 6. The average Bonchev–Trinajstić information content (AvgIpc) is 3.13. The van der Waals surface area contributed by atoms with E-state index in [0.717, 1.165) is 0 Å². The van der Waals surface area contributed by atoms with Crippen molar-refractivity contribution in [2.24, 2.45) is 0 Å². The van der Waals surface area contributed by atoms with Crippen LogP contribution in [-0.4, -0.2) is 39.6 Å². The lowest BCUT2D eigenvalue weighted by atomic mass is 9.78. The minimum Gasteiger partial charge on any atom is -0.487 e. The summed E-state index contributed by atoms with van der Waals surface area (Å²) >= 11 is 0. The Labute approximate surface area is 176 Å². The van der Waals surface area contributed by atoms with Crippen molar-refractivity contribution in [1.82, 2.24) is 9.55 Å². The fraction of sp³-hybridized carbons (Fsp3) is 0.524. The highest BCUT2D eigenvalue weighted by molar-refractivity contribution is 6.62. The molecule has 1 aliphatic heterocycles. The van der Waals surface area contributed by atoms with Crippen molar-refractivity contribution in [3.8, 4) is 5.75 Å². The van der Waals surface area contributed by atoms with E-state index >= 15 is 0 Å². The van der Waals surface area contributed by atoms with E-state index in [4.69, 9.17) is 18.8 Å². The van der Waals surface area contributed by atoms with Gasteiger partial charge in [0.05, 0.1) is 23.1 Å². The summed E-state index contributed by atoms with van der Waals surface area (Å²) in [5.41, 5.74) is -0.954. The number of ether oxygens (including phenoxy) is 2. The highest BCUT2D eigenvalue weighted by Crippen LogP contribution is 2.36. The Hall–Kier alpha value is -2.39. The zero-order valence-electron chi connectivity index (χ0n) is 18.5. The highest BCUT2D eigenvalue weighted by Gasteiger charge is 2.52. The fourth-order valence-corrected chi connectivity index (χ4v) is 2.82. The molecular weight excluding hydrogens is 390 g/mol. The van der Waals surface area contributed by atoms with Gasteiger partial charge >= 0.3 is 13.2 Å². The van der Waals surface area contributed by atoms with Crippen molar-refractivity contribution in [1.29, 1.82) is 0 Å². The van der Waals surface area contributed by atoms with Gasteiger partial charge in [-0.05, 0) is 54.5 Å². The van der Waals surface area contributed by atoms with Gasteiger partial charge in [-0.25, -0.2) is 18.7 Å². The van der Waals surface area contributed by atoms with Gasteiger partial charge in [0, 0.05) is 11.5 Å². The molecule has 1 aromatic heterocycles. The first-order chi connectivity index (χ1) is 13.8. The van der Waals surface area contributed by atoms with E-state index < -0.39 is 35.8 Å². The number of aromatic nitrogens is 2. The lowest BCUT2D eigenvalue weighted by Crippen LogP contribution is -2.41. The van der Waals surface area contributed by atoms with Crippen molar-refractivity contribution >= 4 is 18.7 Å². The van der Waals surface area contributed by atoms with Crippen LogP contribution in [0.25, 0.3) is 0 Å². The van der Waals surface area contributed by atoms with Gasteiger partial charge in [-0.15, -0.1) is 0 Å². The van der Waals surface area contributed by atoms with E-state index in [1.807, 2.05) is 27.7 Å². The summed E-state index contributed by atoms with van der Waals surface area (Å²) in [5, 5.41) is 0. The van der Waals surface area contributed by atoms with Gasteiger partial charge in [0.2, 0.25) is 0 Å². The Balaban J connectivity index is 1.68. The topological polar surface area (TPSA) is 71.8 Å². The molecule has 0 saturated carbocycles. The monoisotopic (exact) mass is 418 g/mol. The number of rotatable bonds is 4. The molecule has 9 heteroatoms. The Morgan fingerprint density at radius 3 is 2.40 bits per heavy atom. The van der Waals surface area contributed by atoms with Crippen LogP contribution >= 0.6 is 0 Å². The Kier molecular flexibility index (Phi) is 5.73. The first-order valence-corrected chi connectivity index (χ1v) is 9.81. The van der Waals surface area contributed by atoms with Crippen LogP contribution in [0.1, 0.15) is 54.2 Å². The molecule has 30 heavy (non-hydrogen) atoms. The van der Waals surface area contributed by atoms with Gasteiger partial charge in [0.15, 0.2) is 0 Å². The summed E-state index contributed by atoms with van der Waals surface area (Å²) in [6, 6.07) is 4.49. The van der Waals surface area contributed by atoms with Crippen LogP contribution in [0.5, 0.6) is 5.75 Å². The van der Waals surface area contributed by atoms with Gasteiger partial charge in [-0.2, -0.15) is 0 Å². The number of carbonyl (C=O) groups is 1. The quantitative estimate of drug-likeness (QED) is 0.706. The molecule has 0 unspecified atom stereocenters. The largest absolute Gasteiger partial charge is 0.497 e. The maximum Gasteiger partial charge on any atom is 0.497 e. The van der Waals surface area contributed by atoms with E-state index in [9.17, 15) is 9.18 Å². The molecule has 0 radical (unpaired) electrons. The van der Waals surface area contributed by atoms with Crippen LogP contribution in [0.15, 0.2) is 30.7 Å². The number of benzene rings is 1. The molecule has 162 valence electrons. The zero-order valence-corrected chi connectivity index (χ0v) is 18.5. The Morgan fingerprint density at radius 2 is 1.83 bits per heavy atom. The minimum atomic E-state index is -0.794. The fourth-order valence-electron chi connectivity index (χ4n) is 2.82. The second-order valence-electron chi connectivity index (χ2n) is 9.30. The molecule has 0 spiro atoms.